The predicted molar refractivity (Wildman–Crippen MR) is 86.1 cm³/mol. The number of allylic oxidation sites excluding steroid dienone is 1. The van der Waals surface area contributed by atoms with Crippen LogP contribution in [0.3, 0.4) is 0 Å². The van der Waals surface area contributed by atoms with E-state index in [1.165, 1.54) is 5.56 Å². The molecule has 0 spiro atoms. The summed E-state index contributed by atoms with van der Waals surface area (Å²) < 4.78 is 5.10. The summed E-state index contributed by atoms with van der Waals surface area (Å²) in [5.41, 5.74) is 3.04. The summed E-state index contributed by atoms with van der Waals surface area (Å²) in [6.07, 6.45) is 2.27. The maximum Gasteiger partial charge on any atom is 0.163 e. The number of ketones is 1. The fourth-order valence-electron chi connectivity index (χ4n) is 2.25. The smallest absolute Gasteiger partial charge is 0.163 e. The maximum atomic E-state index is 12.4. The summed E-state index contributed by atoms with van der Waals surface area (Å²) in [7, 11) is 1.61. The van der Waals surface area contributed by atoms with Gasteiger partial charge in [0.15, 0.2) is 5.78 Å². The first-order chi connectivity index (χ1) is 10.1. The van der Waals surface area contributed by atoms with Crippen molar-refractivity contribution in [3.63, 3.8) is 0 Å². The highest BCUT2D eigenvalue weighted by atomic mass is 16.5. The molecule has 0 amide bonds. The summed E-state index contributed by atoms with van der Waals surface area (Å²) >= 11 is 0. The van der Waals surface area contributed by atoms with Gasteiger partial charge in [-0.25, -0.2) is 0 Å². The fourth-order valence-corrected chi connectivity index (χ4v) is 2.25. The van der Waals surface area contributed by atoms with Crippen LogP contribution in [0.15, 0.2) is 61.2 Å². The summed E-state index contributed by atoms with van der Waals surface area (Å²) in [6, 6.07) is 15.5. The van der Waals surface area contributed by atoms with E-state index in [1.807, 2.05) is 18.2 Å². The minimum Gasteiger partial charge on any atom is -0.497 e. The SMILES string of the molecule is C=CC(CC(=O)c1ccc(OC)cc1)c1ccc(C)cc1. The van der Waals surface area contributed by atoms with Gasteiger partial charge in [-0.3, -0.25) is 4.79 Å². The molecule has 0 saturated heterocycles. The van der Waals surface area contributed by atoms with Crippen LogP contribution in [0.1, 0.15) is 33.8 Å². The number of carbonyl (C=O) groups is 1. The molecule has 0 aromatic heterocycles. The molecule has 0 heterocycles. The second kappa shape index (κ2) is 6.89. The fraction of sp³-hybridized carbons (Fsp3) is 0.211. The van der Waals surface area contributed by atoms with E-state index in [0.29, 0.717) is 12.0 Å². The van der Waals surface area contributed by atoms with Gasteiger partial charge in [-0.2, -0.15) is 0 Å². The molecule has 0 fully saturated rings. The van der Waals surface area contributed by atoms with Gasteiger partial charge in [0.25, 0.3) is 0 Å². The van der Waals surface area contributed by atoms with Crippen LogP contribution in [0.4, 0.5) is 0 Å². The van der Waals surface area contributed by atoms with E-state index in [-0.39, 0.29) is 11.7 Å². The molecule has 0 aliphatic carbocycles. The van der Waals surface area contributed by atoms with Crippen molar-refractivity contribution in [3.05, 3.63) is 77.9 Å². The quantitative estimate of drug-likeness (QED) is 0.573. The lowest BCUT2D eigenvalue weighted by atomic mass is 9.91. The Morgan fingerprint density at radius 2 is 1.76 bits per heavy atom. The van der Waals surface area contributed by atoms with Crippen molar-refractivity contribution >= 4 is 5.78 Å². The molecular formula is C19H20O2. The summed E-state index contributed by atoms with van der Waals surface area (Å²) in [4.78, 5) is 12.4. The first kappa shape index (κ1) is 15.0. The Morgan fingerprint density at radius 3 is 2.29 bits per heavy atom. The number of benzene rings is 2. The van der Waals surface area contributed by atoms with E-state index in [1.54, 1.807) is 19.2 Å². The van der Waals surface area contributed by atoms with Gasteiger partial charge >= 0.3 is 0 Å². The molecule has 0 radical (unpaired) electrons. The zero-order chi connectivity index (χ0) is 15.2. The van der Waals surface area contributed by atoms with E-state index in [0.717, 1.165) is 11.3 Å². The van der Waals surface area contributed by atoms with Gasteiger partial charge < -0.3 is 4.74 Å². The average molecular weight is 280 g/mol. The van der Waals surface area contributed by atoms with Gasteiger partial charge in [0, 0.05) is 17.9 Å². The zero-order valence-corrected chi connectivity index (χ0v) is 12.5. The Kier molecular flexibility index (Phi) is 4.94. The third kappa shape index (κ3) is 3.82. The molecule has 0 saturated carbocycles. The summed E-state index contributed by atoms with van der Waals surface area (Å²) in [5, 5.41) is 0. The second-order valence-corrected chi connectivity index (χ2v) is 5.11. The molecule has 2 rings (SSSR count). The molecule has 2 aromatic carbocycles. The summed E-state index contributed by atoms with van der Waals surface area (Å²) in [5.74, 6) is 0.911. The largest absolute Gasteiger partial charge is 0.497 e. The van der Waals surface area contributed by atoms with Crippen molar-refractivity contribution in [1.82, 2.24) is 0 Å². The lowest BCUT2D eigenvalue weighted by Crippen LogP contribution is -2.06. The van der Waals surface area contributed by atoms with Crippen LogP contribution in [0.5, 0.6) is 5.75 Å². The Hall–Kier alpha value is -2.35. The molecule has 0 bridgehead atoms. The van der Waals surface area contributed by atoms with E-state index < -0.39 is 0 Å². The van der Waals surface area contributed by atoms with Crippen LogP contribution < -0.4 is 4.74 Å². The van der Waals surface area contributed by atoms with Crippen molar-refractivity contribution in [2.24, 2.45) is 0 Å². The number of methoxy groups -OCH3 is 1. The molecule has 1 atom stereocenters. The number of aryl methyl sites for hydroxylation is 1. The molecule has 0 aliphatic heterocycles. The molecule has 1 unspecified atom stereocenters. The predicted octanol–water partition coefficient (Wildman–Crippen LogP) is 4.55. The van der Waals surface area contributed by atoms with Gasteiger partial charge in [-0.15, -0.1) is 6.58 Å². The monoisotopic (exact) mass is 280 g/mol. The molecule has 2 nitrogen and oxygen atoms in total. The third-order valence-electron chi connectivity index (χ3n) is 3.61. The maximum absolute atomic E-state index is 12.4. The average Bonchev–Trinajstić information content (AvgIpc) is 2.53. The lowest BCUT2D eigenvalue weighted by Gasteiger charge is -2.12. The van der Waals surface area contributed by atoms with Crippen molar-refractivity contribution in [2.45, 2.75) is 19.3 Å². The Bertz CT molecular complexity index is 609. The van der Waals surface area contributed by atoms with Crippen molar-refractivity contribution in [2.75, 3.05) is 7.11 Å². The highest BCUT2D eigenvalue weighted by Gasteiger charge is 2.14. The number of ether oxygens (including phenoxy) is 1. The van der Waals surface area contributed by atoms with Crippen molar-refractivity contribution < 1.29 is 9.53 Å². The Labute approximate surface area is 126 Å². The number of carbonyl (C=O) groups excluding carboxylic acids is 1. The molecule has 0 aliphatic rings. The molecule has 108 valence electrons. The number of rotatable bonds is 6. The van der Waals surface area contributed by atoms with Crippen LogP contribution in [0.2, 0.25) is 0 Å². The normalized spacial score (nSPS) is 11.7. The van der Waals surface area contributed by atoms with E-state index >= 15 is 0 Å². The van der Waals surface area contributed by atoms with Gasteiger partial charge in [-0.1, -0.05) is 35.9 Å². The highest BCUT2D eigenvalue weighted by molar-refractivity contribution is 5.96. The standard InChI is InChI=1S/C19H20O2/c1-4-15(16-7-5-14(2)6-8-16)13-19(20)17-9-11-18(21-3)12-10-17/h4-12,15H,1,13H2,2-3H3. The first-order valence-corrected chi connectivity index (χ1v) is 7.00. The van der Waals surface area contributed by atoms with Gasteiger partial charge in [-0.05, 0) is 36.8 Å². The van der Waals surface area contributed by atoms with E-state index in [9.17, 15) is 4.79 Å². The molecular weight excluding hydrogens is 260 g/mol. The van der Waals surface area contributed by atoms with Crippen LogP contribution in [-0.4, -0.2) is 12.9 Å². The molecule has 2 heteroatoms. The lowest BCUT2D eigenvalue weighted by molar-refractivity contribution is 0.0978. The minimum absolute atomic E-state index is 0.0419. The van der Waals surface area contributed by atoms with Gasteiger partial charge in [0.1, 0.15) is 5.75 Å². The topological polar surface area (TPSA) is 26.3 Å². The number of hydrogen-bond donors (Lipinski definition) is 0. The minimum atomic E-state index is 0.0419. The summed E-state index contributed by atoms with van der Waals surface area (Å²) in [6.45, 7) is 5.91. The second-order valence-electron chi connectivity index (χ2n) is 5.11. The number of hydrogen-bond acceptors (Lipinski definition) is 2. The van der Waals surface area contributed by atoms with Crippen LogP contribution in [0, 0.1) is 6.92 Å². The van der Waals surface area contributed by atoms with Crippen molar-refractivity contribution in [1.29, 1.82) is 0 Å². The number of Topliss-reactive ketones (excluding diaryl/α,β-unsaturated/α-hetero) is 1. The van der Waals surface area contributed by atoms with Crippen LogP contribution in [0.25, 0.3) is 0 Å². The van der Waals surface area contributed by atoms with Crippen LogP contribution in [-0.2, 0) is 0 Å². The van der Waals surface area contributed by atoms with Crippen LogP contribution >= 0.6 is 0 Å². The highest BCUT2D eigenvalue weighted by Crippen LogP contribution is 2.24. The molecule has 0 N–H and O–H groups in total. The zero-order valence-electron chi connectivity index (χ0n) is 12.5. The molecule has 21 heavy (non-hydrogen) atoms. The van der Waals surface area contributed by atoms with Gasteiger partial charge in [0.05, 0.1) is 7.11 Å². The Balaban J connectivity index is 2.11. The van der Waals surface area contributed by atoms with Crippen molar-refractivity contribution in [3.8, 4) is 5.75 Å². The third-order valence-corrected chi connectivity index (χ3v) is 3.61. The van der Waals surface area contributed by atoms with E-state index in [4.69, 9.17) is 4.74 Å². The van der Waals surface area contributed by atoms with E-state index in [2.05, 4.69) is 37.8 Å². The Morgan fingerprint density at radius 1 is 1.14 bits per heavy atom. The molecule has 2 aromatic rings. The first-order valence-electron chi connectivity index (χ1n) is 7.00. The van der Waals surface area contributed by atoms with Gasteiger partial charge in [0.2, 0.25) is 0 Å².